The second-order valence-corrected chi connectivity index (χ2v) is 5.08. The molecular weight excluding hydrogens is 309 g/mol. The van der Waals surface area contributed by atoms with E-state index >= 15 is 0 Å². The highest BCUT2D eigenvalue weighted by molar-refractivity contribution is 5.46. The van der Waals surface area contributed by atoms with Gasteiger partial charge < -0.3 is 5.32 Å². The lowest BCUT2D eigenvalue weighted by Gasteiger charge is -2.10. The maximum Gasteiger partial charge on any atom is 0.453 e. The number of halogens is 3. The van der Waals surface area contributed by atoms with Crippen LogP contribution in [0.1, 0.15) is 22.6 Å². The fourth-order valence-corrected chi connectivity index (χ4v) is 2.12. The zero-order chi connectivity index (χ0) is 16.6. The third kappa shape index (κ3) is 3.08. The summed E-state index contributed by atoms with van der Waals surface area (Å²) in [5.74, 6) is -0.906. The largest absolute Gasteiger partial charge is 0.453 e. The fraction of sp³-hybridized carbons (Fsp3) is 0.286. The van der Waals surface area contributed by atoms with Crippen LogP contribution in [-0.4, -0.2) is 24.6 Å². The van der Waals surface area contributed by atoms with Crippen molar-refractivity contribution in [3.8, 4) is 0 Å². The normalized spacial score (nSPS) is 11.9. The Labute approximate surface area is 129 Å². The molecule has 0 unspecified atom stereocenters. The maximum absolute atomic E-state index is 12.8. The Bertz CT molecular complexity index is 855. The number of alkyl halides is 3. The number of fused-ring (bicyclic) bond motifs is 1. The number of nitrogens with zero attached hydrogens (tertiary/aromatic N) is 5. The summed E-state index contributed by atoms with van der Waals surface area (Å²) in [6.07, 6.45) is -1.23. The SMILES string of the molecule is Cc1cc(NCc2ccncc2C)n2nc(C(F)(F)F)nc2n1. The topological polar surface area (TPSA) is 68.0 Å². The molecule has 3 rings (SSSR count). The van der Waals surface area contributed by atoms with Crippen molar-refractivity contribution in [3.63, 3.8) is 0 Å². The van der Waals surface area contributed by atoms with E-state index in [1.807, 2.05) is 13.0 Å². The van der Waals surface area contributed by atoms with Crippen LogP contribution >= 0.6 is 0 Å². The number of nitrogens with one attached hydrogen (secondary N) is 1. The van der Waals surface area contributed by atoms with E-state index in [-0.39, 0.29) is 5.78 Å². The molecule has 0 saturated heterocycles. The Balaban J connectivity index is 1.97. The summed E-state index contributed by atoms with van der Waals surface area (Å²) in [6, 6.07) is 3.47. The summed E-state index contributed by atoms with van der Waals surface area (Å²) in [6.45, 7) is 4.02. The van der Waals surface area contributed by atoms with Crippen LogP contribution in [-0.2, 0) is 12.7 Å². The molecule has 0 saturated carbocycles. The fourth-order valence-electron chi connectivity index (χ4n) is 2.12. The van der Waals surface area contributed by atoms with Gasteiger partial charge >= 0.3 is 6.18 Å². The second-order valence-electron chi connectivity index (χ2n) is 5.08. The molecule has 0 spiro atoms. The first kappa shape index (κ1) is 15.2. The Hall–Kier alpha value is -2.71. The average molecular weight is 322 g/mol. The minimum absolute atomic E-state index is 0.0914. The van der Waals surface area contributed by atoms with Crippen LogP contribution in [0.25, 0.3) is 5.78 Å². The van der Waals surface area contributed by atoms with Crippen molar-refractivity contribution in [2.24, 2.45) is 0 Å². The number of rotatable bonds is 3. The van der Waals surface area contributed by atoms with Crippen molar-refractivity contribution < 1.29 is 13.2 Å². The van der Waals surface area contributed by atoms with Gasteiger partial charge in [0.05, 0.1) is 0 Å². The van der Waals surface area contributed by atoms with E-state index in [2.05, 4.69) is 25.4 Å². The number of aromatic nitrogens is 5. The zero-order valence-corrected chi connectivity index (χ0v) is 12.4. The van der Waals surface area contributed by atoms with Gasteiger partial charge in [0.25, 0.3) is 11.6 Å². The van der Waals surface area contributed by atoms with E-state index < -0.39 is 12.0 Å². The summed E-state index contributed by atoms with van der Waals surface area (Å²) in [5.41, 5.74) is 2.52. The van der Waals surface area contributed by atoms with Crippen LogP contribution in [0, 0.1) is 13.8 Å². The smallest absolute Gasteiger partial charge is 0.366 e. The van der Waals surface area contributed by atoms with Gasteiger partial charge in [-0.05, 0) is 31.0 Å². The molecule has 0 radical (unpaired) electrons. The molecule has 3 aromatic heterocycles. The Morgan fingerprint density at radius 2 is 2.00 bits per heavy atom. The molecule has 0 aliphatic carbocycles. The first-order chi connectivity index (χ1) is 10.8. The standard InChI is InChI=1S/C14H13F3N6/c1-8-6-18-4-3-10(8)7-19-11-5-9(2)20-13-21-12(14(15,16)17)22-23(11)13/h3-6,19H,7H2,1-2H3. The molecule has 0 amide bonds. The molecule has 1 N–H and O–H groups in total. The van der Waals surface area contributed by atoms with Crippen LogP contribution in [0.2, 0.25) is 0 Å². The van der Waals surface area contributed by atoms with E-state index in [1.54, 1.807) is 25.4 Å². The molecule has 9 heteroatoms. The highest BCUT2D eigenvalue weighted by Gasteiger charge is 2.36. The predicted molar refractivity (Wildman–Crippen MR) is 76.8 cm³/mol. The molecule has 0 atom stereocenters. The van der Waals surface area contributed by atoms with Crippen molar-refractivity contribution >= 4 is 11.6 Å². The van der Waals surface area contributed by atoms with E-state index in [9.17, 15) is 13.2 Å². The predicted octanol–water partition coefficient (Wildman–Crippen LogP) is 2.77. The number of hydrogen-bond acceptors (Lipinski definition) is 5. The van der Waals surface area contributed by atoms with E-state index in [0.29, 0.717) is 18.1 Å². The molecular formula is C14H13F3N6. The quantitative estimate of drug-likeness (QED) is 0.803. The summed E-state index contributed by atoms with van der Waals surface area (Å²) in [5, 5.41) is 6.58. The lowest BCUT2D eigenvalue weighted by molar-refractivity contribution is -0.144. The second kappa shape index (κ2) is 5.49. The molecule has 6 nitrogen and oxygen atoms in total. The highest BCUT2D eigenvalue weighted by atomic mass is 19.4. The van der Waals surface area contributed by atoms with Gasteiger partial charge in [-0.15, -0.1) is 5.10 Å². The lowest BCUT2D eigenvalue weighted by atomic mass is 10.1. The van der Waals surface area contributed by atoms with Gasteiger partial charge in [0.2, 0.25) is 0 Å². The van der Waals surface area contributed by atoms with Crippen molar-refractivity contribution in [1.29, 1.82) is 0 Å². The molecule has 3 heterocycles. The van der Waals surface area contributed by atoms with Crippen LogP contribution in [0.4, 0.5) is 19.0 Å². The van der Waals surface area contributed by atoms with Crippen molar-refractivity contribution in [1.82, 2.24) is 24.6 Å². The average Bonchev–Trinajstić information content (AvgIpc) is 2.90. The zero-order valence-electron chi connectivity index (χ0n) is 12.4. The van der Waals surface area contributed by atoms with Crippen molar-refractivity contribution in [3.05, 3.63) is 47.2 Å². The van der Waals surface area contributed by atoms with E-state index in [0.717, 1.165) is 15.6 Å². The summed E-state index contributed by atoms with van der Waals surface area (Å²) in [7, 11) is 0. The van der Waals surface area contributed by atoms with Crippen molar-refractivity contribution in [2.45, 2.75) is 26.6 Å². The van der Waals surface area contributed by atoms with Crippen LogP contribution in [0.3, 0.4) is 0 Å². The minimum atomic E-state index is -4.61. The number of anilines is 1. The molecule has 3 aromatic rings. The minimum Gasteiger partial charge on any atom is -0.366 e. The number of hydrogen-bond donors (Lipinski definition) is 1. The van der Waals surface area contributed by atoms with Gasteiger partial charge in [-0.2, -0.15) is 22.7 Å². The van der Waals surface area contributed by atoms with Gasteiger partial charge in [-0.1, -0.05) is 0 Å². The molecule has 0 aliphatic heterocycles. The van der Waals surface area contributed by atoms with Gasteiger partial charge in [0, 0.05) is 30.7 Å². The summed E-state index contributed by atoms with van der Waals surface area (Å²) >= 11 is 0. The Morgan fingerprint density at radius 1 is 1.22 bits per heavy atom. The third-order valence-corrected chi connectivity index (χ3v) is 3.29. The van der Waals surface area contributed by atoms with Crippen molar-refractivity contribution in [2.75, 3.05) is 5.32 Å². The number of aryl methyl sites for hydroxylation is 2. The summed E-state index contributed by atoms with van der Waals surface area (Å²) < 4.78 is 39.4. The molecule has 23 heavy (non-hydrogen) atoms. The van der Waals surface area contributed by atoms with Gasteiger partial charge in [-0.25, -0.2) is 4.98 Å². The number of pyridine rings is 1. The molecule has 0 aliphatic rings. The molecule has 0 aromatic carbocycles. The molecule has 0 fully saturated rings. The highest BCUT2D eigenvalue weighted by Crippen LogP contribution is 2.27. The molecule has 120 valence electrons. The van der Waals surface area contributed by atoms with Gasteiger partial charge in [-0.3, -0.25) is 4.98 Å². The van der Waals surface area contributed by atoms with Gasteiger partial charge in [0.1, 0.15) is 5.82 Å². The van der Waals surface area contributed by atoms with Gasteiger partial charge in [0.15, 0.2) is 0 Å². The van der Waals surface area contributed by atoms with Crippen LogP contribution in [0.15, 0.2) is 24.5 Å². The lowest BCUT2D eigenvalue weighted by Crippen LogP contribution is -2.09. The maximum atomic E-state index is 12.8. The Kier molecular flexibility index (Phi) is 3.63. The first-order valence-corrected chi connectivity index (χ1v) is 6.79. The third-order valence-electron chi connectivity index (χ3n) is 3.29. The van der Waals surface area contributed by atoms with E-state index in [4.69, 9.17) is 0 Å². The van der Waals surface area contributed by atoms with Crippen LogP contribution in [0.5, 0.6) is 0 Å². The monoisotopic (exact) mass is 322 g/mol. The summed E-state index contributed by atoms with van der Waals surface area (Å²) in [4.78, 5) is 11.4. The Morgan fingerprint density at radius 3 is 2.70 bits per heavy atom. The first-order valence-electron chi connectivity index (χ1n) is 6.79. The molecule has 0 bridgehead atoms. The van der Waals surface area contributed by atoms with E-state index in [1.165, 1.54) is 0 Å². The van der Waals surface area contributed by atoms with Crippen LogP contribution < -0.4 is 5.32 Å².